The van der Waals surface area contributed by atoms with E-state index in [1.54, 1.807) is 0 Å². The van der Waals surface area contributed by atoms with Crippen LogP contribution in [0.5, 0.6) is 0 Å². The molecule has 0 saturated carbocycles. The van der Waals surface area contributed by atoms with Crippen molar-refractivity contribution in [2.75, 3.05) is 19.0 Å². The number of unbranched alkanes of at least 4 members (excludes halogenated alkanes) is 1. The molecule has 0 rings (SSSR count). The molecule has 1 unspecified atom stereocenters. The Labute approximate surface area is 77.9 Å². The predicted molar refractivity (Wildman–Crippen MR) is 44.8 cm³/mol. The first kappa shape index (κ1) is 12.9. The lowest BCUT2D eigenvalue weighted by molar-refractivity contribution is -0.0388. The summed E-state index contributed by atoms with van der Waals surface area (Å²) in [5.74, 6) is -0.465. The van der Waals surface area contributed by atoms with Crippen molar-refractivity contribution >= 4 is 10.8 Å². The van der Waals surface area contributed by atoms with E-state index in [0.717, 1.165) is 12.8 Å². The van der Waals surface area contributed by atoms with Crippen molar-refractivity contribution in [2.45, 2.75) is 25.3 Å². The zero-order chi connectivity index (χ0) is 10.3. The van der Waals surface area contributed by atoms with Gasteiger partial charge < -0.3 is 4.74 Å². The van der Waals surface area contributed by atoms with Crippen LogP contribution in [0.4, 0.5) is 13.2 Å². The van der Waals surface area contributed by atoms with Gasteiger partial charge in [-0.2, -0.15) is 13.2 Å². The maximum Gasteiger partial charge on any atom is 0.471 e. The zero-order valence-corrected chi connectivity index (χ0v) is 8.21. The maximum atomic E-state index is 11.7. The van der Waals surface area contributed by atoms with Gasteiger partial charge in [-0.25, -0.2) is 0 Å². The molecule has 0 aromatic carbocycles. The second-order valence-electron chi connectivity index (χ2n) is 2.46. The molecule has 0 aliphatic carbocycles. The smallest absolute Gasteiger partial charge is 0.380 e. The van der Waals surface area contributed by atoms with Crippen LogP contribution in [0.25, 0.3) is 0 Å². The van der Waals surface area contributed by atoms with Gasteiger partial charge in [-0.1, -0.05) is 13.3 Å². The van der Waals surface area contributed by atoms with E-state index >= 15 is 0 Å². The minimum atomic E-state index is -4.60. The van der Waals surface area contributed by atoms with Gasteiger partial charge in [0.05, 0.1) is 12.4 Å². The van der Waals surface area contributed by atoms with Crippen molar-refractivity contribution in [1.82, 2.24) is 0 Å². The average Bonchev–Trinajstić information content (AvgIpc) is 2.02. The first-order valence-corrected chi connectivity index (χ1v) is 5.33. The number of ether oxygens (including phenoxy) is 1. The molecule has 0 aliphatic heterocycles. The van der Waals surface area contributed by atoms with Crippen LogP contribution in [0.1, 0.15) is 19.8 Å². The number of hydrogen-bond donors (Lipinski definition) is 0. The molecule has 0 aliphatic rings. The summed E-state index contributed by atoms with van der Waals surface area (Å²) in [7, 11) is -2.77. The highest BCUT2D eigenvalue weighted by molar-refractivity contribution is 7.85. The fourth-order valence-electron chi connectivity index (χ4n) is 0.599. The largest absolute Gasteiger partial charge is 0.471 e. The molecule has 0 N–H and O–H groups in total. The molecule has 0 fully saturated rings. The Balaban J connectivity index is 3.38. The molecule has 2 nitrogen and oxygen atoms in total. The quantitative estimate of drug-likeness (QED) is 0.638. The lowest BCUT2D eigenvalue weighted by Crippen LogP contribution is -2.21. The lowest BCUT2D eigenvalue weighted by Gasteiger charge is -2.06. The Kier molecular flexibility index (Phi) is 6.32. The zero-order valence-electron chi connectivity index (χ0n) is 7.39. The molecule has 0 aromatic heterocycles. The maximum absolute atomic E-state index is 11.7. The van der Waals surface area contributed by atoms with Gasteiger partial charge in [-0.3, -0.25) is 4.21 Å². The van der Waals surface area contributed by atoms with E-state index in [-0.39, 0.29) is 6.61 Å². The summed E-state index contributed by atoms with van der Waals surface area (Å²) >= 11 is 0. The summed E-state index contributed by atoms with van der Waals surface area (Å²) < 4.78 is 50.3. The highest BCUT2D eigenvalue weighted by Crippen LogP contribution is 2.19. The third kappa shape index (κ3) is 7.01. The number of halogens is 3. The van der Waals surface area contributed by atoms with Crippen molar-refractivity contribution in [3.63, 3.8) is 0 Å². The van der Waals surface area contributed by atoms with Crippen molar-refractivity contribution in [3.05, 3.63) is 0 Å². The first-order valence-electron chi connectivity index (χ1n) is 4.01. The standard InChI is InChI=1S/C7H13F3O2S/c1-2-3-4-12-5-6-13(11)7(8,9)10/h2-6H2,1H3. The van der Waals surface area contributed by atoms with Crippen LogP contribution >= 0.6 is 0 Å². The molecule has 0 spiro atoms. The molecule has 0 saturated heterocycles. The second-order valence-corrected chi connectivity index (χ2v) is 4.02. The third-order valence-corrected chi connectivity index (χ3v) is 2.37. The van der Waals surface area contributed by atoms with Gasteiger partial charge >= 0.3 is 5.51 Å². The predicted octanol–water partition coefficient (Wildman–Crippen LogP) is 2.07. The van der Waals surface area contributed by atoms with Crippen LogP contribution in [-0.4, -0.2) is 28.7 Å². The van der Waals surface area contributed by atoms with Gasteiger partial charge in [0.25, 0.3) is 0 Å². The molecule has 13 heavy (non-hydrogen) atoms. The number of alkyl halides is 3. The van der Waals surface area contributed by atoms with Gasteiger partial charge in [0.15, 0.2) is 0 Å². The highest BCUT2D eigenvalue weighted by Gasteiger charge is 2.36. The van der Waals surface area contributed by atoms with Crippen molar-refractivity contribution in [2.24, 2.45) is 0 Å². The van der Waals surface area contributed by atoms with E-state index in [9.17, 15) is 17.4 Å². The van der Waals surface area contributed by atoms with Crippen molar-refractivity contribution in [3.8, 4) is 0 Å². The Hall–Kier alpha value is -0.100. The summed E-state index contributed by atoms with van der Waals surface area (Å²) in [6.07, 6.45) is 1.75. The summed E-state index contributed by atoms with van der Waals surface area (Å²) in [4.78, 5) is 0. The highest BCUT2D eigenvalue weighted by atomic mass is 32.2. The normalized spacial score (nSPS) is 14.5. The molecule has 0 radical (unpaired) electrons. The molecular weight excluding hydrogens is 205 g/mol. The molecular formula is C7H13F3O2S. The van der Waals surface area contributed by atoms with Gasteiger partial charge in [0.1, 0.15) is 10.8 Å². The van der Waals surface area contributed by atoms with Gasteiger partial charge in [-0.05, 0) is 6.42 Å². The first-order chi connectivity index (χ1) is 5.98. The van der Waals surface area contributed by atoms with E-state index in [4.69, 9.17) is 4.74 Å². The van der Waals surface area contributed by atoms with Crippen LogP contribution in [-0.2, 0) is 15.5 Å². The van der Waals surface area contributed by atoms with E-state index in [0.29, 0.717) is 6.61 Å². The minimum Gasteiger partial charge on any atom is -0.380 e. The van der Waals surface area contributed by atoms with E-state index in [1.165, 1.54) is 0 Å². The minimum absolute atomic E-state index is 0.0911. The molecule has 0 amide bonds. The van der Waals surface area contributed by atoms with Crippen LogP contribution in [0.15, 0.2) is 0 Å². The Morgan fingerprint density at radius 2 is 1.92 bits per heavy atom. The average molecular weight is 218 g/mol. The topological polar surface area (TPSA) is 26.3 Å². The van der Waals surface area contributed by atoms with Crippen LogP contribution in [0, 0.1) is 0 Å². The molecule has 1 atom stereocenters. The van der Waals surface area contributed by atoms with Crippen LogP contribution in [0.2, 0.25) is 0 Å². The molecule has 0 heterocycles. The Bertz CT molecular complexity index is 158. The van der Waals surface area contributed by atoms with Crippen molar-refractivity contribution < 1.29 is 22.1 Å². The van der Waals surface area contributed by atoms with Gasteiger partial charge in [0.2, 0.25) is 0 Å². The molecule has 0 aromatic rings. The summed E-state index contributed by atoms with van der Waals surface area (Å²) in [6.45, 7) is 2.30. The van der Waals surface area contributed by atoms with Crippen molar-refractivity contribution in [1.29, 1.82) is 0 Å². The molecule has 6 heteroatoms. The van der Waals surface area contributed by atoms with E-state index < -0.39 is 22.1 Å². The second kappa shape index (κ2) is 6.37. The van der Waals surface area contributed by atoms with Gasteiger partial charge in [-0.15, -0.1) is 0 Å². The van der Waals surface area contributed by atoms with Crippen LogP contribution < -0.4 is 0 Å². The SMILES string of the molecule is CCCCOCCS(=O)C(F)(F)F. The lowest BCUT2D eigenvalue weighted by atomic mass is 10.4. The number of rotatable bonds is 6. The molecule has 80 valence electrons. The fourth-order valence-corrected chi connectivity index (χ4v) is 1.10. The summed E-state index contributed by atoms with van der Waals surface area (Å²) in [5.41, 5.74) is -4.60. The summed E-state index contributed by atoms with van der Waals surface area (Å²) in [5, 5.41) is 0. The Morgan fingerprint density at radius 1 is 1.31 bits per heavy atom. The van der Waals surface area contributed by atoms with Crippen LogP contribution in [0.3, 0.4) is 0 Å². The summed E-state index contributed by atoms with van der Waals surface area (Å²) in [6, 6.07) is 0. The fraction of sp³-hybridized carbons (Fsp3) is 1.00. The third-order valence-electron chi connectivity index (χ3n) is 1.31. The van der Waals surface area contributed by atoms with E-state index in [1.807, 2.05) is 6.92 Å². The molecule has 0 bridgehead atoms. The monoisotopic (exact) mass is 218 g/mol. The van der Waals surface area contributed by atoms with E-state index in [2.05, 4.69) is 0 Å². The number of hydrogen-bond acceptors (Lipinski definition) is 2. The Morgan fingerprint density at radius 3 is 2.38 bits per heavy atom. The van der Waals surface area contributed by atoms with Gasteiger partial charge in [0, 0.05) is 6.61 Å².